The number of hydrogen-bond donors (Lipinski definition) is 1. The van der Waals surface area contributed by atoms with Crippen molar-refractivity contribution in [2.75, 3.05) is 39.0 Å². The van der Waals surface area contributed by atoms with E-state index in [-0.39, 0.29) is 18.1 Å². The van der Waals surface area contributed by atoms with Crippen LogP contribution in [0.25, 0.3) is 0 Å². The Balaban J connectivity index is 2.57. The molecule has 6 nitrogen and oxygen atoms in total. The van der Waals surface area contributed by atoms with Gasteiger partial charge in [-0.25, -0.2) is 12.8 Å². The highest BCUT2D eigenvalue weighted by atomic mass is 32.2. The number of hydrogen-bond acceptors (Lipinski definition) is 4. The highest BCUT2D eigenvalue weighted by molar-refractivity contribution is 7.92. The average molecular weight is 388 g/mol. The highest BCUT2D eigenvalue weighted by Gasteiger charge is 2.28. The van der Waals surface area contributed by atoms with Crippen LogP contribution in [-0.4, -0.2) is 63.1 Å². The minimum absolute atomic E-state index is 0.00527. The fourth-order valence-electron chi connectivity index (χ4n) is 1.98. The summed E-state index contributed by atoms with van der Waals surface area (Å²) in [5, 5.41) is 3.14. The van der Waals surface area contributed by atoms with Crippen LogP contribution in [0.4, 0.5) is 4.39 Å². The number of guanidine groups is 1. The van der Waals surface area contributed by atoms with Crippen LogP contribution in [-0.2, 0) is 9.84 Å². The van der Waals surface area contributed by atoms with E-state index < -0.39 is 14.6 Å². The lowest BCUT2D eigenvalue weighted by atomic mass is 10.3. The van der Waals surface area contributed by atoms with Crippen LogP contribution in [0.15, 0.2) is 29.3 Å². The van der Waals surface area contributed by atoms with Crippen molar-refractivity contribution in [1.29, 1.82) is 0 Å². The summed E-state index contributed by atoms with van der Waals surface area (Å²) in [4.78, 5) is 6.27. The lowest BCUT2D eigenvalue weighted by molar-refractivity contribution is 0.281. The number of halogens is 1. The maximum absolute atomic E-state index is 12.9. The summed E-state index contributed by atoms with van der Waals surface area (Å²) in [6, 6.07) is 5.85. The zero-order valence-corrected chi connectivity index (χ0v) is 17.1. The number of ether oxygens (including phenoxy) is 1. The van der Waals surface area contributed by atoms with Gasteiger partial charge in [0.15, 0.2) is 15.8 Å². The SMILES string of the molecule is CCNC(=NCCS(=O)(=O)C(C)(C)C)N(C)CCOc1ccc(F)cc1. The number of nitrogens with one attached hydrogen (secondary N) is 1. The molecule has 0 bridgehead atoms. The summed E-state index contributed by atoms with van der Waals surface area (Å²) in [6.07, 6.45) is 0. The molecular weight excluding hydrogens is 357 g/mol. The van der Waals surface area contributed by atoms with Crippen molar-refractivity contribution < 1.29 is 17.5 Å². The molecule has 1 aromatic carbocycles. The van der Waals surface area contributed by atoms with Gasteiger partial charge in [0.2, 0.25) is 0 Å². The second kappa shape index (κ2) is 9.75. The van der Waals surface area contributed by atoms with Gasteiger partial charge < -0.3 is 15.0 Å². The fourth-order valence-corrected chi connectivity index (χ4v) is 2.93. The number of rotatable bonds is 8. The Kier molecular flexibility index (Phi) is 8.33. The van der Waals surface area contributed by atoms with Crippen molar-refractivity contribution >= 4 is 15.8 Å². The summed E-state index contributed by atoms with van der Waals surface area (Å²) >= 11 is 0. The van der Waals surface area contributed by atoms with E-state index in [1.165, 1.54) is 12.1 Å². The summed E-state index contributed by atoms with van der Waals surface area (Å²) in [5.41, 5.74) is 0. The van der Waals surface area contributed by atoms with Crippen molar-refractivity contribution in [2.45, 2.75) is 32.4 Å². The predicted molar refractivity (Wildman–Crippen MR) is 104 cm³/mol. The highest BCUT2D eigenvalue weighted by Crippen LogP contribution is 2.15. The van der Waals surface area contributed by atoms with Crippen LogP contribution in [0.1, 0.15) is 27.7 Å². The van der Waals surface area contributed by atoms with Gasteiger partial charge in [-0.05, 0) is 52.0 Å². The van der Waals surface area contributed by atoms with Gasteiger partial charge in [-0.1, -0.05) is 0 Å². The molecule has 1 aromatic rings. The Labute approximate surface area is 156 Å². The Bertz CT molecular complexity index is 683. The molecule has 26 heavy (non-hydrogen) atoms. The Morgan fingerprint density at radius 1 is 1.27 bits per heavy atom. The molecule has 0 heterocycles. The van der Waals surface area contributed by atoms with E-state index in [1.54, 1.807) is 32.9 Å². The molecule has 0 aliphatic rings. The second-order valence-corrected chi connectivity index (χ2v) is 9.75. The van der Waals surface area contributed by atoms with Gasteiger partial charge >= 0.3 is 0 Å². The topological polar surface area (TPSA) is 71.0 Å². The monoisotopic (exact) mass is 387 g/mol. The molecule has 0 atom stereocenters. The summed E-state index contributed by atoms with van der Waals surface area (Å²) in [7, 11) is -1.34. The third-order valence-electron chi connectivity index (χ3n) is 3.76. The molecule has 0 unspecified atom stereocenters. The minimum Gasteiger partial charge on any atom is -0.492 e. The quantitative estimate of drug-likeness (QED) is 0.548. The third-order valence-corrected chi connectivity index (χ3v) is 6.35. The van der Waals surface area contributed by atoms with Crippen molar-refractivity contribution in [3.05, 3.63) is 30.1 Å². The number of nitrogens with zero attached hydrogens (tertiary/aromatic N) is 2. The van der Waals surface area contributed by atoms with Gasteiger partial charge in [-0.15, -0.1) is 0 Å². The van der Waals surface area contributed by atoms with Crippen LogP contribution in [0.5, 0.6) is 5.75 Å². The molecule has 0 amide bonds. The molecule has 0 spiro atoms. The molecule has 8 heteroatoms. The van der Waals surface area contributed by atoms with Gasteiger partial charge in [0.05, 0.1) is 23.6 Å². The Morgan fingerprint density at radius 2 is 1.88 bits per heavy atom. The van der Waals surface area contributed by atoms with Gasteiger partial charge in [0.1, 0.15) is 18.2 Å². The number of benzene rings is 1. The van der Waals surface area contributed by atoms with Crippen LogP contribution >= 0.6 is 0 Å². The number of likely N-dealkylation sites (N-methyl/N-ethyl adjacent to an activating group) is 1. The van der Waals surface area contributed by atoms with Crippen molar-refractivity contribution in [1.82, 2.24) is 10.2 Å². The zero-order valence-electron chi connectivity index (χ0n) is 16.3. The van der Waals surface area contributed by atoms with Crippen molar-refractivity contribution in [3.8, 4) is 5.75 Å². The van der Waals surface area contributed by atoms with Crippen LogP contribution < -0.4 is 10.1 Å². The summed E-state index contributed by atoms with van der Waals surface area (Å²) in [6.45, 7) is 8.84. The molecule has 0 aliphatic carbocycles. The third kappa shape index (κ3) is 7.19. The molecule has 148 valence electrons. The van der Waals surface area contributed by atoms with E-state index in [4.69, 9.17) is 4.74 Å². The van der Waals surface area contributed by atoms with E-state index in [0.29, 0.717) is 31.4 Å². The molecular formula is C18H30FN3O3S. The second-order valence-electron chi connectivity index (χ2n) is 6.89. The number of aliphatic imine (C=N–C) groups is 1. The van der Waals surface area contributed by atoms with Gasteiger partial charge in [0.25, 0.3) is 0 Å². The average Bonchev–Trinajstić information content (AvgIpc) is 2.54. The van der Waals surface area contributed by atoms with E-state index in [1.807, 2.05) is 18.9 Å². The molecule has 0 aliphatic heterocycles. The summed E-state index contributed by atoms with van der Waals surface area (Å²) < 4.78 is 42.0. The van der Waals surface area contributed by atoms with Crippen LogP contribution in [0, 0.1) is 5.82 Å². The van der Waals surface area contributed by atoms with E-state index in [0.717, 1.165) is 0 Å². The minimum atomic E-state index is -3.20. The fraction of sp³-hybridized carbons (Fsp3) is 0.611. The first-order valence-corrected chi connectivity index (χ1v) is 10.3. The largest absolute Gasteiger partial charge is 0.492 e. The van der Waals surface area contributed by atoms with E-state index in [9.17, 15) is 12.8 Å². The zero-order chi connectivity index (χ0) is 19.8. The molecule has 0 saturated carbocycles. The first-order valence-electron chi connectivity index (χ1n) is 8.67. The van der Waals surface area contributed by atoms with Crippen LogP contribution in [0.2, 0.25) is 0 Å². The molecule has 0 aromatic heterocycles. The molecule has 1 N–H and O–H groups in total. The molecule has 1 rings (SSSR count). The molecule has 0 saturated heterocycles. The van der Waals surface area contributed by atoms with E-state index >= 15 is 0 Å². The van der Waals surface area contributed by atoms with Gasteiger partial charge in [-0.2, -0.15) is 0 Å². The van der Waals surface area contributed by atoms with Gasteiger partial charge in [0, 0.05) is 13.6 Å². The lowest BCUT2D eigenvalue weighted by Gasteiger charge is -2.23. The van der Waals surface area contributed by atoms with Crippen LogP contribution in [0.3, 0.4) is 0 Å². The van der Waals surface area contributed by atoms with E-state index in [2.05, 4.69) is 10.3 Å². The van der Waals surface area contributed by atoms with Crippen molar-refractivity contribution in [2.24, 2.45) is 4.99 Å². The Hall–Kier alpha value is -1.83. The standard InChI is InChI=1S/C18H30FN3O3S/c1-6-20-17(21-11-14-26(23,24)18(2,3)4)22(5)12-13-25-16-9-7-15(19)8-10-16/h7-10H,6,11-14H2,1-5H3,(H,20,21). The smallest absolute Gasteiger partial charge is 0.193 e. The lowest BCUT2D eigenvalue weighted by Crippen LogP contribution is -2.41. The normalized spacial score (nSPS) is 12.8. The van der Waals surface area contributed by atoms with Gasteiger partial charge in [-0.3, -0.25) is 4.99 Å². The maximum atomic E-state index is 12.9. The first kappa shape index (κ1) is 22.2. The predicted octanol–water partition coefficient (Wildman–Crippen LogP) is 2.32. The Morgan fingerprint density at radius 3 is 2.42 bits per heavy atom. The molecule has 0 fully saturated rings. The van der Waals surface area contributed by atoms with Crippen molar-refractivity contribution in [3.63, 3.8) is 0 Å². The maximum Gasteiger partial charge on any atom is 0.193 e. The number of sulfone groups is 1. The summed E-state index contributed by atoms with van der Waals surface area (Å²) in [5.74, 6) is 0.921. The first-order chi connectivity index (χ1) is 12.1. The molecule has 0 radical (unpaired) electrons.